The summed E-state index contributed by atoms with van der Waals surface area (Å²) < 4.78 is 13.0. The van der Waals surface area contributed by atoms with E-state index in [9.17, 15) is 9.18 Å². The fourth-order valence-electron chi connectivity index (χ4n) is 1.64. The van der Waals surface area contributed by atoms with Gasteiger partial charge in [-0.1, -0.05) is 0 Å². The van der Waals surface area contributed by atoms with Crippen LogP contribution in [0, 0.1) is 12.7 Å². The van der Waals surface area contributed by atoms with E-state index in [1.807, 2.05) is 0 Å². The number of carbonyl (C=O) groups excluding carboxylic acids is 1. The maximum Gasteiger partial charge on any atom is 0.170 e. The lowest BCUT2D eigenvalue weighted by atomic mass is 10.1. The van der Waals surface area contributed by atoms with Crippen LogP contribution >= 0.6 is 0 Å². The molecular formula is C12H13FN2O. The number of hydrogen-bond acceptors (Lipinski definition) is 3. The van der Waals surface area contributed by atoms with E-state index in [2.05, 4.69) is 10.3 Å². The van der Waals surface area contributed by atoms with Crippen molar-refractivity contribution < 1.29 is 9.18 Å². The number of hydrogen-bond donors (Lipinski definition) is 1. The molecule has 2 rings (SSSR count). The number of carbonyl (C=O) groups is 1. The Morgan fingerprint density at radius 1 is 1.56 bits per heavy atom. The number of nitrogens with zero attached hydrogens (tertiary/aromatic N) is 1. The Bertz CT molecular complexity index is 454. The zero-order valence-electron chi connectivity index (χ0n) is 9.09. The van der Waals surface area contributed by atoms with E-state index in [4.69, 9.17) is 0 Å². The van der Waals surface area contributed by atoms with Gasteiger partial charge in [-0.3, -0.25) is 9.79 Å². The monoisotopic (exact) mass is 220 g/mol. The van der Waals surface area contributed by atoms with Crippen LogP contribution < -0.4 is 5.32 Å². The highest BCUT2D eigenvalue weighted by Gasteiger charge is 2.13. The summed E-state index contributed by atoms with van der Waals surface area (Å²) in [5.74, 6) is 0.413. The summed E-state index contributed by atoms with van der Waals surface area (Å²) in [6.07, 6.45) is 0.269. The van der Waals surface area contributed by atoms with E-state index in [0.717, 1.165) is 18.9 Å². The van der Waals surface area contributed by atoms with Crippen LogP contribution in [-0.4, -0.2) is 24.7 Å². The van der Waals surface area contributed by atoms with Gasteiger partial charge < -0.3 is 5.32 Å². The first-order valence-corrected chi connectivity index (χ1v) is 5.23. The van der Waals surface area contributed by atoms with Gasteiger partial charge in [-0.2, -0.15) is 0 Å². The minimum absolute atomic E-state index is 0.0312. The van der Waals surface area contributed by atoms with Gasteiger partial charge in [0.05, 0.1) is 13.0 Å². The van der Waals surface area contributed by atoms with E-state index < -0.39 is 0 Å². The molecule has 0 aliphatic carbocycles. The van der Waals surface area contributed by atoms with Crippen molar-refractivity contribution in [2.75, 3.05) is 13.1 Å². The molecule has 16 heavy (non-hydrogen) atoms. The third-order valence-electron chi connectivity index (χ3n) is 2.55. The Morgan fingerprint density at radius 2 is 2.38 bits per heavy atom. The highest BCUT2D eigenvalue weighted by Crippen LogP contribution is 2.11. The lowest BCUT2D eigenvalue weighted by Gasteiger charge is -2.03. The highest BCUT2D eigenvalue weighted by atomic mass is 19.1. The molecule has 0 aromatic heterocycles. The third-order valence-corrected chi connectivity index (χ3v) is 2.55. The molecule has 4 heteroatoms. The minimum atomic E-state index is -0.284. The van der Waals surface area contributed by atoms with Crippen LogP contribution in [0.5, 0.6) is 0 Å². The molecule has 0 fully saturated rings. The molecule has 1 aromatic carbocycles. The van der Waals surface area contributed by atoms with Crippen molar-refractivity contribution in [2.24, 2.45) is 4.99 Å². The molecule has 0 saturated carbocycles. The Kier molecular flexibility index (Phi) is 2.99. The number of aliphatic imine (C=N–C) groups is 1. The van der Waals surface area contributed by atoms with Crippen molar-refractivity contribution in [3.8, 4) is 0 Å². The number of ketones is 1. The summed E-state index contributed by atoms with van der Waals surface area (Å²) in [4.78, 5) is 16.0. The molecule has 0 radical (unpaired) electrons. The molecule has 84 valence electrons. The predicted molar refractivity (Wildman–Crippen MR) is 60.4 cm³/mol. The number of aryl methyl sites for hydroxylation is 1. The van der Waals surface area contributed by atoms with Crippen LogP contribution in [0.2, 0.25) is 0 Å². The van der Waals surface area contributed by atoms with Gasteiger partial charge in [0.25, 0.3) is 0 Å². The van der Waals surface area contributed by atoms with Gasteiger partial charge in [0, 0.05) is 12.1 Å². The number of nitrogens with one attached hydrogen (secondary N) is 1. The minimum Gasteiger partial charge on any atom is -0.372 e. The molecule has 1 aliphatic rings. The first-order chi connectivity index (χ1) is 7.66. The van der Waals surface area contributed by atoms with E-state index in [0.29, 0.717) is 11.1 Å². The molecule has 1 N–H and O–H groups in total. The van der Waals surface area contributed by atoms with Gasteiger partial charge in [-0.05, 0) is 30.7 Å². The molecule has 0 spiro atoms. The maximum absolute atomic E-state index is 13.0. The lowest BCUT2D eigenvalue weighted by Crippen LogP contribution is -2.21. The van der Waals surface area contributed by atoms with Gasteiger partial charge in [-0.15, -0.1) is 0 Å². The van der Waals surface area contributed by atoms with E-state index in [1.165, 1.54) is 12.1 Å². The fourth-order valence-corrected chi connectivity index (χ4v) is 1.64. The molecule has 0 unspecified atom stereocenters. The molecule has 0 bridgehead atoms. The molecule has 1 aromatic rings. The molecule has 1 heterocycles. The largest absolute Gasteiger partial charge is 0.372 e. The second-order valence-corrected chi connectivity index (χ2v) is 3.82. The van der Waals surface area contributed by atoms with Crippen LogP contribution in [0.25, 0.3) is 0 Å². The Balaban J connectivity index is 2.11. The smallest absolute Gasteiger partial charge is 0.170 e. The number of halogens is 1. The quantitative estimate of drug-likeness (QED) is 0.788. The van der Waals surface area contributed by atoms with Gasteiger partial charge in [0.2, 0.25) is 0 Å². The van der Waals surface area contributed by atoms with Gasteiger partial charge in [-0.25, -0.2) is 4.39 Å². The van der Waals surface area contributed by atoms with Gasteiger partial charge in [0.1, 0.15) is 11.7 Å². The maximum atomic E-state index is 13.0. The molecule has 1 aliphatic heterocycles. The Labute approximate surface area is 93.4 Å². The van der Waals surface area contributed by atoms with Crippen molar-refractivity contribution >= 4 is 11.6 Å². The molecule has 0 saturated heterocycles. The fraction of sp³-hybridized carbons (Fsp3) is 0.333. The molecule has 0 amide bonds. The average molecular weight is 220 g/mol. The number of benzene rings is 1. The van der Waals surface area contributed by atoms with Gasteiger partial charge in [0.15, 0.2) is 5.78 Å². The zero-order chi connectivity index (χ0) is 11.5. The van der Waals surface area contributed by atoms with Crippen LogP contribution in [0.15, 0.2) is 23.2 Å². The second-order valence-electron chi connectivity index (χ2n) is 3.82. The Hall–Kier alpha value is -1.71. The van der Waals surface area contributed by atoms with Crippen molar-refractivity contribution in [3.63, 3.8) is 0 Å². The SMILES string of the molecule is Cc1cc(C(=O)CC2=NCCN2)ccc1F. The van der Waals surface area contributed by atoms with Gasteiger partial charge >= 0.3 is 0 Å². The summed E-state index contributed by atoms with van der Waals surface area (Å²) in [5, 5.41) is 3.04. The number of rotatable bonds is 3. The van der Waals surface area contributed by atoms with Crippen molar-refractivity contribution in [1.29, 1.82) is 0 Å². The average Bonchev–Trinajstić information content (AvgIpc) is 2.74. The molecule has 3 nitrogen and oxygen atoms in total. The van der Waals surface area contributed by atoms with Crippen molar-refractivity contribution in [1.82, 2.24) is 5.32 Å². The van der Waals surface area contributed by atoms with Crippen LogP contribution in [0.1, 0.15) is 22.3 Å². The van der Waals surface area contributed by atoms with Crippen LogP contribution in [-0.2, 0) is 0 Å². The normalized spacial score (nSPS) is 14.5. The standard InChI is InChI=1S/C12H13FN2O/c1-8-6-9(2-3-10(8)13)11(16)7-12-14-4-5-15-12/h2-3,6H,4-5,7H2,1H3,(H,14,15). The Morgan fingerprint density at radius 3 is 3.00 bits per heavy atom. The topological polar surface area (TPSA) is 41.5 Å². The lowest BCUT2D eigenvalue weighted by molar-refractivity contribution is 0.1000. The highest BCUT2D eigenvalue weighted by molar-refractivity contribution is 6.09. The van der Waals surface area contributed by atoms with E-state index in [-0.39, 0.29) is 18.0 Å². The number of amidine groups is 1. The van der Waals surface area contributed by atoms with E-state index in [1.54, 1.807) is 13.0 Å². The second kappa shape index (κ2) is 4.43. The summed E-state index contributed by atoms with van der Waals surface area (Å²) in [6, 6.07) is 4.42. The van der Waals surface area contributed by atoms with Crippen molar-refractivity contribution in [3.05, 3.63) is 35.1 Å². The summed E-state index contributed by atoms with van der Waals surface area (Å²) in [7, 11) is 0. The summed E-state index contributed by atoms with van der Waals surface area (Å²) in [5.41, 5.74) is 1.03. The number of Topliss-reactive ketones (excluding diaryl/α,β-unsaturated/α-hetero) is 1. The first-order valence-electron chi connectivity index (χ1n) is 5.23. The zero-order valence-corrected chi connectivity index (χ0v) is 9.09. The first kappa shape index (κ1) is 10.8. The van der Waals surface area contributed by atoms with Crippen LogP contribution in [0.4, 0.5) is 4.39 Å². The molecular weight excluding hydrogens is 207 g/mol. The van der Waals surface area contributed by atoms with E-state index >= 15 is 0 Å². The third kappa shape index (κ3) is 2.27. The summed E-state index contributed by atoms with van der Waals surface area (Å²) >= 11 is 0. The summed E-state index contributed by atoms with van der Waals surface area (Å²) in [6.45, 7) is 3.17. The van der Waals surface area contributed by atoms with Crippen molar-refractivity contribution in [2.45, 2.75) is 13.3 Å². The van der Waals surface area contributed by atoms with Crippen LogP contribution in [0.3, 0.4) is 0 Å². The predicted octanol–water partition coefficient (Wildman–Crippen LogP) is 1.71. The molecule has 0 atom stereocenters.